The van der Waals surface area contributed by atoms with E-state index in [-0.39, 0.29) is 5.41 Å². The molecule has 60 valence electrons. The highest BCUT2D eigenvalue weighted by Crippen LogP contribution is 2.61. The molecule has 0 saturated heterocycles. The van der Waals surface area contributed by atoms with Crippen LogP contribution in [-0.2, 0) is 0 Å². The van der Waals surface area contributed by atoms with Crippen LogP contribution in [0.2, 0.25) is 0 Å². The van der Waals surface area contributed by atoms with Crippen LogP contribution in [0.25, 0.3) is 0 Å². The topological polar surface area (TPSA) is 0 Å². The molecular formula is C9H17F. The van der Waals surface area contributed by atoms with E-state index in [0.29, 0.717) is 5.92 Å². The van der Waals surface area contributed by atoms with E-state index in [2.05, 4.69) is 13.8 Å². The predicted octanol–water partition coefficient (Wildman–Crippen LogP) is 3.17. The Morgan fingerprint density at radius 3 is 1.90 bits per heavy atom. The van der Waals surface area contributed by atoms with Crippen LogP contribution >= 0.6 is 0 Å². The highest BCUT2D eigenvalue weighted by molar-refractivity contribution is 5.11. The van der Waals surface area contributed by atoms with Crippen molar-refractivity contribution in [1.29, 1.82) is 0 Å². The van der Waals surface area contributed by atoms with Crippen LogP contribution < -0.4 is 0 Å². The van der Waals surface area contributed by atoms with Gasteiger partial charge in [0.2, 0.25) is 0 Å². The molecule has 1 saturated carbocycles. The van der Waals surface area contributed by atoms with Gasteiger partial charge in [0.25, 0.3) is 0 Å². The highest BCUT2D eigenvalue weighted by Gasteiger charge is 2.61. The summed E-state index contributed by atoms with van der Waals surface area (Å²) in [6.45, 7) is 8.07. The molecule has 0 aromatic rings. The second-order valence-corrected chi connectivity index (χ2v) is 4.53. The molecule has 0 bridgehead atoms. The van der Waals surface area contributed by atoms with Crippen molar-refractivity contribution in [2.75, 3.05) is 0 Å². The van der Waals surface area contributed by atoms with E-state index in [1.54, 1.807) is 6.92 Å². The van der Waals surface area contributed by atoms with E-state index in [1.165, 1.54) is 0 Å². The quantitative estimate of drug-likeness (QED) is 0.558. The normalized spacial score (nSPS) is 46.2. The summed E-state index contributed by atoms with van der Waals surface area (Å²) in [4.78, 5) is 0. The molecule has 0 amide bonds. The predicted molar refractivity (Wildman–Crippen MR) is 41.7 cm³/mol. The summed E-state index contributed by atoms with van der Waals surface area (Å²) < 4.78 is 13.2. The molecule has 2 atom stereocenters. The summed E-state index contributed by atoms with van der Waals surface area (Å²) in [5, 5.41) is 0. The molecule has 1 heteroatoms. The average Bonchev–Trinajstić information content (AvgIpc) is 2.01. The zero-order valence-electron chi connectivity index (χ0n) is 7.37. The molecule has 0 aromatic heterocycles. The van der Waals surface area contributed by atoms with Crippen molar-refractivity contribution in [3.05, 3.63) is 0 Å². The summed E-state index contributed by atoms with van der Waals surface area (Å²) >= 11 is 0. The third kappa shape index (κ3) is 1.18. The van der Waals surface area contributed by atoms with Crippen molar-refractivity contribution in [3.63, 3.8) is 0 Å². The lowest BCUT2D eigenvalue weighted by Crippen LogP contribution is -2.10. The summed E-state index contributed by atoms with van der Waals surface area (Å²) in [5.41, 5.74) is -0.863. The number of hydrogen-bond acceptors (Lipinski definition) is 0. The molecule has 10 heavy (non-hydrogen) atoms. The maximum absolute atomic E-state index is 13.2. The van der Waals surface area contributed by atoms with Crippen molar-refractivity contribution in [2.45, 2.75) is 46.2 Å². The Kier molecular flexibility index (Phi) is 1.57. The zero-order valence-corrected chi connectivity index (χ0v) is 7.37. The van der Waals surface area contributed by atoms with Crippen LogP contribution in [0.4, 0.5) is 4.39 Å². The first-order chi connectivity index (χ1) is 4.37. The molecule has 1 aliphatic carbocycles. The highest BCUT2D eigenvalue weighted by atomic mass is 19.1. The van der Waals surface area contributed by atoms with Gasteiger partial charge < -0.3 is 0 Å². The van der Waals surface area contributed by atoms with Crippen LogP contribution in [0, 0.1) is 11.3 Å². The molecule has 1 aliphatic rings. The van der Waals surface area contributed by atoms with E-state index < -0.39 is 5.67 Å². The fourth-order valence-electron chi connectivity index (χ4n) is 1.87. The second-order valence-electron chi connectivity index (χ2n) is 4.53. The van der Waals surface area contributed by atoms with Crippen LogP contribution in [0.1, 0.15) is 40.5 Å². The lowest BCUT2D eigenvalue weighted by Gasteiger charge is -2.14. The summed E-state index contributed by atoms with van der Waals surface area (Å²) in [7, 11) is 0. The van der Waals surface area contributed by atoms with Gasteiger partial charge in [0, 0.05) is 5.41 Å². The van der Waals surface area contributed by atoms with Gasteiger partial charge in [-0.3, -0.25) is 0 Å². The summed E-state index contributed by atoms with van der Waals surface area (Å²) in [5.74, 6) is 0.627. The molecular weight excluding hydrogens is 127 g/mol. The number of halogens is 1. The van der Waals surface area contributed by atoms with Crippen molar-refractivity contribution in [2.24, 2.45) is 11.3 Å². The molecule has 1 fully saturated rings. The molecule has 0 nitrogen and oxygen atoms in total. The fourth-order valence-corrected chi connectivity index (χ4v) is 1.87. The van der Waals surface area contributed by atoms with Gasteiger partial charge in [0.15, 0.2) is 0 Å². The van der Waals surface area contributed by atoms with E-state index in [4.69, 9.17) is 0 Å². The number of hydrogen-bond donors (Lipinski definition) is 0. The van der Waals surface area contributed by atoms with E-state index in [0.717, 1.165) is 12.8 Å². The monoisotopic (exact) mass is 144 g/mol. The summed E-state index contributed by atoms with van der Waals surface area (Å²) in [6, 6.07) is 0. The molecule has 0 N–H and O–H groups in total. The molecule has 1 rings (SSSR count). The van der Waals surface area contributed by atoms with Crippen molar-refractivity contribution < 1.29 is 4.39 Å². The molecule has 0 aliphatic heterocycles. The van der Waals surface area contributed by atoms with Crippen LogP contribution in [0.15, 0.2) is 0 Å². The first-order valence-corrected chi connectivity index (χ1v) is 4.06. The Hall–Kier alpha value is -0.0700. The molecule has 2 unspecified atom stereocenters. The van der Waals surface area contributed by atoms with E-state index >= 15 is 0 Å². The Labute approximate surface area is 62.8 Å². The zero-order chi connectivity index (χ0) is 7.99. The van der Waals surface area contributed by atoms with Gasteiger partial charge in [-0.1, -0.05) is 20.8 Å². The number of rotatable bonds is 2. The van der Waals surface area contributed by atoms with Crippen molar-refractivity contribution >= 4 is 0 Å². The minimum absolute atomic E-state index is 0.00116. The molecule has 0 aromatic carbocycles. The SMILES string of the molecule is CC(C)CC1(C)CC1(C)F. The molecule has 0 heterocycles. The maximum atomic E-state index is 13.2. The van der Waals surface area contributed by atoms with Crippen LogP contribution in [-0.4, -0.2) is 5.67 Å². The largest absolute Gasteiger partial charge is 0.244 e. The Morgan fingerprint density at radius 2 is 1.80 bits per heavy atom. The first kappa shape index (κ1) is 8.03. The fraction of sp³-hybridized carbons (Fsp3) is 1.00. The average molecular weight is 144 g/mol. The maximum Gasteiger partial charge on any atom is 0.114 e. The number of alkyl halides is 1. The second kappa shape index (κ2) is 1.96. The molecule has 0 spiro atoms. The van der Waals surface area contributed by atoms with Crippen LogP contribution in [0.3, 0.4) is 0 Å². The van der Waals surface area contributed by atoms with Crippen molar-refractivity contribution in [3.8, 4) is 0 Å². The molecule has 0 radical (unpaired) electrons. The Morgan fingerprint density at radius 1 is 1.40 bits per heavy atom. The minimum atomic E-state index is -0.864. The van der Waals surface area contributed by atoms with Gasteiger partial charge in [0.1, 0.15) is 5.67 Å². The van der Waals surface area contributed by atoms with E-state index in [1.807, 2.05) is 6.92 Å². The Bertz CT molecular complexity index is 138. The third-order valence-electron chi connectivity index (χ3n) is 2.71. The van der Waals surface area contributed by atoms with Gasteiger partial charge >= 0.3 is 0 Å². The third-order valence-corrected chi connectivity index (χ3v) is 2.71. The van der Waals surface area contributed by atoms with Gasteiger partial charge in [-0.2, -0.15) is 0 Å². The Balaban J connectivity index is 2.44. The van der Waals surface area contributed by atoms with Gasteiger partial charge in [-0.25, -0.2) is 4.39 Å². The van der Waals surface area contributed by atoms with Gasteiger partial charge in [-0.15, -0.1) is 0 Å². The standard InChI is InChI=1S/C9H17F/c1-7(2)5-8(3)6-9(8,4)10/h7H,5-6H2,1-4H3. The smallest absolute Gasteiger partial charge is 0.114 e. The van der Waals surface area contributed by atoms with Crippen molar-refractivity contribution in [1.82, 2.24) is 0 Å². The van der Waals surface area contributed by atoms with E-state index in [9.17, 15) is 4.39 Å². The first-order valence-electron chi connectivity index (χ1n) is 4.06. The lowest BCUT2D eigenvalue weighted by atomic mass is 9.93. The minimum Gasteiger partial charge on any atom is -0.244 e. The van der Waals surface area contributed by atoms with Gasteiger partial charge in [-0.05, 0) is 25.7 Å². The lowest BCUT2D eigenvalue weighted by molar-refractivity contribution is 0.233. The van der Waals surface area contributed by atoms with Gasteiger partial charge in [0.05, 0.1) is 0 Å². The van der Waals surface area contributed by atoms with Crippen LogP contribution in [0.5, 0.6) is 0 Å². The summed E-state index contributed by atoms with van der Waals surface area (Å²) in [6.07, 6.45) is 1.79.